The van der Waals surface area contributed by atoms with Crippen LogP contribution in [0.4, 0.5) is 11.5 Å². The van der Waals surface area contributed by atoms with Gasteiger partial charge in [-0.1, -0.05) is 0 Å². The molecule has 0 radical (unpaired) electrons. The number of rotatable bonds is 1. The zero-order chi connectivity index (χ0) is 8.43. The van der Waals surface area contributed by atoms with Crippen LogP contribution in [0.2, 0.25) is 0 Å². The van der Waals surface area contributed by atoms with Crippen LogP contribution < -0.4 is 11.5 Å². The zero-order valence-corrected chi connectivity index (χ0v) is 6.84. The van der Waals surface area contributed by atoms with Crippen molar-refractivity contribution in [2.24, 2.45) is 0 Å². The third kappa shape index (κ3) is 1.51. The van der Waals surface area contributed by atoms with Crippen molar-refractivity contribution in [2.75, 3.05) is 11.5 Å². The molecule has 0 aliphatic carbocycles. The van der Waals surface area contributed by atoms with Crippen LogP contribution in [0.5, 0.6) is 0 Å². The molecule has 4 nitrogen and oxygen atoms in total. The van der Waals surface area contributed by atoms with Gasteiger partial charge in [0.15, 0.2) is 5.82 Å². The number of aromatic nitrogens is 2. The summed E-state index contributed by atoms with van der Waals surface area (Å²) in [4.78, 5) is 0. The van der Waals surface area contributed by atoms with E-state index in [1.165, 1.54) is 6.20 Å². The summed E-state index contributed by atoms with van der Waals surface area (Å²) < 4.78 is 0. The Morgan fingerprint density at radius 3 is 2.64 bits per heavy atom. The van der Waals surface area contributed by atoms with Crippen molar-refractivity contribution in [1.82, 2.24) is 10.2 Å². The molecule has 0 spiro atoms. The summed E-state index contributed by atoms with van der Waals surface area (Å²) in [5, 5.41) is 7.01. The van der Waals surface area contributed by atoms with Gasteiger partial charge in [0.25, 0.3) is 0 Å². The van der Waals surface area contributed by atoms with Gasteiger partial charge in [0, 0.05) is 5.56 Å². The fraction of sp³-hybridized carbons (Fsp3) is 0.333. The smallest absolute Gasteiger partial charge is 0.169 e. The first-order chi connectivity index (χ1) is 5.13. The van der Waals surface area contributed by atoms with Crippen LogP contribution in [-0.2, 0) is 0 Å². The molecule has 0 amide bonds. The number of hydrogen-bond acceptors (Lipinski definition) is 4. The minimum Gasteiger partial charge on any atom is -0.395 e. The largest absolute Gasteiger partial charge is 0.395 e. The van der Waals surface area contributed by atoms with E-state index in [4.69, 9.17) is 23.1 Å². The van der Waals surface area contributed by atoms with E-state index in [0.29, 0.717) is 5.69 Å². The Balaban J connectivity index is 3.17. The molecule has 0 saturated heterocycles. The first-order valence-corrected chi connectivity index (χ1v) is 3.57. The molecule has 5 heteroatoms. The maximum atomic E-state index is 5.78. The Kier molecular flexibility index (Phi) is 2.14. The quantitative estimate of drug-likeness (QED) is 0.618. The molecule has 0 aliphatic rings. The average molecular weight is 173 g/mol. The van der Waals surface area contributed by atoms with E-state index in [1.807, 2.05) is 0 Å². The Bertz CT molecular complexity index is 261. The molecular formula is C6H9ClN4. The lowest BCUT2D eigenvalue weighted by molar-refractivity contribution is 0.981. The number of nitrogen functional groups attached to an aromatic ring is 2. The van der Waals surface area contributed by atoms with E-state index in [9.17, 15) is 0 Å². The van der Waals surface area contributed by atoms with E-state index < -0.39 is 0 Å². The van der Waals surface area contributed by atoms with E-state index in [1.54, 1.807) is 6.92 Å². The van der Waals surface area contributed by atoms with Crippen molar-refractivity contribution in [2.45, 2.75) is 12.3 Å². The van der Waals surface area contributed by atoms with Gasteiger partial charge in [-0.05, 0) is 6.92 Å². The summed E-state index contributed by atoms with van der Waals surface area (Å²) in [6.07, 6.45) is 1.52. The van der Waals surface area contributed by atoms with Crippen LogP contribution in [0, 0.1) is 0 Å². The molecule has 0 aliphatic heterocycles. The monoisotopic (exact) mass is 172 g/mol. The van der Waals surface area contributed by atoms with E-state index in [-0.39, 0.29) is 11.2 Å². The Labute approximate surface area is 69.6 Å². The lowest BCUT2D eigenvalue weighted by atomic mass is 10.2. The van der Waals surface area contributed by atoms with Gasteiger partial charge in [0.2, 0.25) is 0 Å². The van der Waals surface area contributed by atoms with Crippen molar-refractivity contribution >= 4 is 23.1 Å². The summed E-state index contributed by atoms with van der Waals surface area (Å²) in [5.74, 6) is 0.231. The molecule has 0 aromatic carbocycles. The van der Waals surface area contributed by atoms with Crippen LogP contribution in [0.1, 0.15) is 17.9 Å². The van der Waals surface area contributed by atoms with Gasteiger partial charge in [-0.3, -0.25) is 0 Å². The molecule has 4 N–H and O–H groups in total. The molecular weight excluding hydrogens is 164 g/mol. The standard InChI is InChI=1S/C6H9ClN4/c1-3(7)4-2-10-11-6(9)5(4)8/h2-3H,1H3,(H2,8,10)(H2,9,11). The zero-order valence-electron chi connectivity index (χ0n) is 6.08. The normalized spacial score (nSPS) is 12.9. The summed E-state index contributed by atoms with van der Waals surface area (Å²) in [6, 6.07) is 0. The number of anilines is 2. The minimum atomic E-state index is -0.187. The van der Waals surface area contributed by atoms with E-state index >= 15 is 0 Å². The van der Waals surface area contributed by atoms with Crippen molar-refractivity contribution in [3.63, 3.8) is 0 Å². The van der Waals surface area contributed by atoms with Gasteiger partial charge in [-0.2, -0.15) is 5.10 Å². The molecule has 0 fully saturated rings. The summed E-state index contributed by atoms with van der Waals surface area (Å²) in [5.41, 5.74) is 12.1. The van der Waals surface area contributed by atoms with Crippen LogP contribution in [0.25, 0.3) is 0 Å². The van der Waals surface area contributed by atoms with Crippen LogP contribution in [-0.4, -0.2) is 10.2 Å². The first-order valence-electron chi connectivity index (χ1n) is 3.13. The third-order valence-corrected chi connectivity index (χ3v) is 1.61. The lowest BCUT2D eigenvalue weighted by Crippen LogP contribution is -2.04. The van der Waals surface area contributed by atoms with Gasteiger partial charge in [0.05, 0.1) is 17.3 Å². The Hall–Kier alpha value is -1.03. The molecule has 1 aromatic rings. The van der Waals surface area contributed by atoms with Crippen LogP contribution in [0.3, 0.4) is 0 Å². The average Bonchev–Trinajstić information content (AvgIpc) is 1.94. The molecule has 60 valence electrons. The predicted octanol–water partition coefficient (Wildman–Crippen LogP) is 0.941. The first kappa shape index (κ1) is 8.07. The number of nitrogens with two attached hydrogens (primary N) is 2. The second kappa shape index (κ2) is 2.92. The maximum Gasteiger partial charge on any atom is 0.169 e. The van der Waals surface area contributed by atoms with Crippen LogP contribution in [0.15, 0.2) is 6.20 Å². The van der Waals surface area contributed by atoms with Gasteiger partial charge in [-0.25, -0.2) is 0 Å². The highest BCUT2D eigenvalue weighted by Gasteiger charge is 2.08. The van der Waals surface area contributed by atoms with E-state index in [0.717, 1.165) is 5.56 Å². The Morgan fingerprint density at radius 2 is 2.18 bits per heavy atom. The topological polar surface area (TPSA) is 77.8 Å². The molecule has 0 saturated carbocycles. The highest BCUT2D eigenvalue weighted by atomic mass is 35.5. The molecule has 1 heterocycles. The number of halogens is 1. The number of nitrogens with zero attached hydrogens (tertiary/aromatic N) is 2. The molecule has 0 bridgehead atoms. The molecule has 1 aromatic heterocycles. The molecule has 1 unspecified atom stereocenters. The number of hydrogen-bond donors (Lipinski definition) is 2. The van der Waals surface area contributed by atoms with Gasteiger partial charge in [-0.15, -0.1) is 16.7 Å². The summed E-state index contributed by atoms with van der Waals surface area (Å²) in [6.45, 7) is 1.80. The summed E-state index contributed by atoms with van der Waals surface area (Å²) in [7, 11) is 0. The second-order valence-corrected chi connectivity index (χ2v) is 2.87. The Morgan fingerprint density at radius 1 is 1.55 bits per heavy atom. The molecule has 11 heavy (non-hydrogen) atoms. The van der Waals surface area contributed by atoms with Crippen molar-refractivity contribution in [3.8, 4) is 0 Å². The molecule has 1 rings (SSSR count). The van der Waals surface area contributed by atoms with Crippen LogP contribution >= 0.6 is 11.6 Å². The SMILES string of the molecule is CC(Cl)c1cnnc(N)c1N. The van der Waals surface area contributed by atoms with Gasteiger partial charge >= 0.3 is 0 Å². The highest BCUT2D eigenvalue weighted by molar-refractivity contribution is 6.21. The van der Waals surface area contributed by atoms with Crippen molar-refractivity contribution < 1.29 is 0 Å². The van der Waals surface area contributed by atoms with Crippen molar-refractivity contribution in [3.05, 3.63) is 11.8 Å². The van der Waals surface area contributed by atoms with E-state index in [2.05, 4.69) is 10.2 Å². The van der Waals surface area contributed by atoms with Crippen molar-refractivity contribution in [1.29, 1.82) is 0 Å². The van der Waals surface area contributed by atoms with Gasteiger partial charge in [0.1, 0.15) is 0 Å². The molecule has 1 atom stereocenters. The maximum absolute atomic E-state index is 5.78. The third-order valence-electron chi connectivity index (χ3n) is 1.38. The summed E-state index contributed by atoms with van der Waals surface area (Å²) >= 11 is 5.78. The number of alkyl halides is 1. The predicted molar refractivity (Wildman–Crippen MR) is 45.1 cm³/mol. The second-order valence-electron chi connectivity index (χ2n) is 2.21. The fourth-order valence-corrected chi connectivity index (χ4v) is 0.915. The highest BCUT2D eigenvalue weighted by Crippen LogP contribution is 2.26. The lowest BCUT2D eigenvalue weighted by Gasteiger charge is -2.06. The fourth-order valence-electron chi connectivity index (χ4n) is 0.742. The minimum absolute atomic E-state index is 0.187. The van der Waals surface area contributed by atoms with Gasteiger partial charge < -0.3 is 11.5 Å².